The number of carbonyl (C=O) groups excluding carboxylic acids is 1. The van der Waals surface area contributed by atoms with E-state index in [1.165, 1.54) is 0 Å². The van der Waals surface area contributed by atoms with E-state index in [0.717, 1.165) is 27.9 Å². The van der Waals surface area contributed by atoms with Crippen LogP contribution in [-0.4, -0.2) is 36.3 Å². The van der Waals surface area contributed by atoms with Gasteiger partial charge in [0.05, 0.1) is 16.6 Å². The Kier molecular flexibility index (Phi) is 5.38. The van der Waals surface area contributed by atoms with E-state index in [4.69, 9.17) is 0 Å². The van der Waals surface area contributed by atoms with Gasteiger partial charge < -0.3 is 20.1 Å². The van der Waals surface area contributed by atoms with Crippen LogP contribution in [0, 0.1) is 0 Å². The van der Waals surface area contributed by atoms with Crippen molar-refractivity contribution in [3.05, 3.63) is 58.7 Å². The first-order chi connectivity index (χ1) is 14.2. The molecule has 3 aromatic rings. The molecule has 4 rings (SSSR count). The van der Waals surface area contributed by atoms with Crippen molar-refractivity contribution in [3.63, 3.8) is 0 Å². The molecule has 9 heteroatoms. The van der Waals surface area contributed by atoms with Gasteiger partial charge in [-0.05, 0) is 65.2 Å². The highest BCUT2D eigenvalue weighted by Gasteiger charge is 2.24. The van der Waals surface area contributed by atoms with Crippen LogP contribution < -0.4 is 20.8 Å². The lowest BCUT2D eigenvalue weighted by Gasteiger charge is -2.16. The number of hydrogen-bond donors (Lipinski definition) is 2. The predicted octanol–water partition coefficient (Wildman–Crippen LogP) is 4.49. The zero-order valence-corrected chi connectivity index (χ0v) is 19.3. The minimum absolute atomic E-state index is 0.0799. The Morgan fingerprint density at radius 3 is 2.67 bits per heavy atom. The van der Waals surface area contributed by atoms with Gasteiger partial charge in [-0.1, -0.05) is 12.1 Å². The van der Waals surface area contributed by atoms with E-state index in [2.05, 4.69) is 36.5 Å². The second kappa shape index (κ2) is 7.85. The van der Waals surface area contributed by atoms with Crippen LogP contribution in [0.5, 0.6) is 0 Å². The third-order valence-electron chi connectivity index (χ3n) is 4.89. The largest absolute Gasteiger partial charge is 0.339 e. The molecule has 0 saturated heterocycles. The number of para-hydroxylation sites is 1. The van der Waals surface area contributed by atoms with Crippen LogP contribution in [0.25, 0.3) is 0 Å². The van der Waals surface area contributed by atoms with Gasteiger partial charge in [0.2, 0.25) is 11.9 Å². The van der Waals surface area contributed by atoms with E-state index in [0.29, 0.717) is 22.7 Å². The Labute approximate surface area is 183 Å². The van der Waals surface area contributed by atoms with E-state index in [1.54, 1.807) is 31.5 Å². The van der Waals surface area contributed by atoms with Crippen molar-refractivity contribution in [2.75, 3.05) is 35.9 Å². The number of nitrogens with one attached hydrogen (secondary N) is 2. The molecule has 1 aromatic heterocycles. The minimum Gasteiger partial charge on any atom is -0.339 e. The SMILES string of the molecule is CN1C(=O)Cc2cc(Nc3ncc(Br)c(Nc4ccccc4P(C)(C)=O)n3)ccc21. The maximum Gasteiger partial charge on any atom is 0.231 e. The molecule has 154 valence electrons. The quantitative estimate of drug-likeness (QED) is 0.517. The van der Waals surface area contributed by atoms with Gasteiger partial charge in [-0.2, -0.15) is 4.98 Å². The molecule has 0 aliphatic carbocycles. The van der Waals surface area contributed by atoms with Gasteiger partial charge in [0, 0.05) is 29.9 Å². The summed E-state index contributed by atoms with van der Waals surface area (Å²) in [6.45, 7) is 3.48. The Morgan fingerprint density at radius 2 is 1.90 bits per heavy atom. The van der Waals surface area contributed by atoms with Gasteiger partial charge >= 0.3 is 0 Å². The second-order valence-electron chi connectivity index (χ2n) is 7.48. The molecule has 1 aliphatic heterocycles. The normalized spacial score (nSPS) is 13.3. The van der Waals surface area contributed by atoms with Crippen LogP contribution in [0.2, 0.25) is 0 Å². The van der Waals surface area contributed by atoms with Gasteiger partial charge in [-0.15, -0.1) is 0 Å². The van der Waals surface area contributed by atoms with E-state index in [-0.39, 0.29) is 5.91 Å². The summed E-state index contributed by atoms with van der Waals surface area (Å²) in [5.41, 5.74) is 3.44. The molecule has 0 unspecified atom stereocenters. The maximum absolute atomic E-state index is 12.6. The molecule has 0 bridgehead atoms. The topological polar surface area (TPSA) is 87.2 Å². The van der Waals surface area contributed by atoms with Crippen LogP contribution in [0.3, 0.4) is 0 Å². The third-order valence-corrected chi connectivity index (χ3v) is 7.02. The number of fused-ring (bicyclic) bond motifs is 1. The molecular weight excluding hydrogens is 465 g/mol. The molecule has 0 fully saturated rings. The molecule has 2 N–H and O–H groups in total. The van der Waals surface area contributed by atoms with Crippen molar-refractivity contribution in [1.82, 2.24) is 9.97 Å². The average molecular weight is 486 g/mol. The van der Waals surface area contributed by atoms with Crippen molar-refractivity contribution in [1.29, 1.82) is 0 Å². The van der Waals surface area contributed by atoms with Crippen molar-refractivity contribution < 1.29 is 9.36 Å². The minimum atomic E-state index is -2.46. The Morgan fingerprint density at radius 1 is 1.13 bits per heavy atom. The summed E-state index contributed by atoms with van der Waals surface area (Å²) in [6.07, 6.45) is 2.04. The highest BCUT2D eigenvalue weighted by atomic mass is 79.9. The van der Waals surface area contributed by atoms with Gasteiger partial charge in [0.1, 0.15) is 13.0 Å². The fourth-order valence-corrected chi connectivity index (χ4v) is 4.81. The first-order valence-electron chi connectivity index (χ1n) is 9.33. The first kappa shape index (κ1) is 20.6. The lowest BCUT2D eigenvalue weighted by atomic mass is 10.1. The molecule has 2 heterocycles. The number of carbonyl (C=O) groups is 1. The van der Waals surface area contributed by atoms with Gasteiger partial charge in [0.25, 0.3) is 0 Å². The molecule has 7 nitrogen and oxygen atoms in total. The molecule has 1 aliphatic rings. The summed E-state index contributed by atoms with van der Waals surface area (Å²) in [5.74, 6) is 1.05. The van der Waals surface area contributed by atoms with Crippen LogP contribution >= 0.6 is 23.1 Å². The summed E-state index contributed by atoms with van der Waals surface area (Å²) < 4.78 is 13.3. The van der Waals surface area contributed by atoms with Crippen LogP contribution in [-0.2, 0) is 15.8 Å². The number of anilines is 5. The van der Waals surface area contributed by atoms with Gasteiger partial charge in [-0.25, -0.2) is 4.98 Å². The number of nitrogens with zero attached hydrogens (tertiary/aromatic N) is 3. The standard InChI is InChI=1S/C21H21BrN5O2P/c1-27-17-9-8-14(10-13(17)11-19(27)28)24-21-23-12-15(22)20(26-21)25-16-6-4-5-7-18(16)30(2,3)29/h4-10,12H,11H2,1-3H3,(H2,23,24,25,26). The lowest BCUT2D eigenvalue weighted by Crippen LogP contribution is -2.20. The highest BCUT2D eigenvalue weighted by Crippen LogP contribution is 2.38. The van der Waals surface area contributed by atoms with E-state index in [9.17, 15) is 9.36 Å². The van der Waals surface area contributed by atoms with Gasteiger partial charge in [-0.3, -0.25) is 4.79 Å². The zero-order valence-electron chi connectivity index (χ0n) is 16.8. The molecule has 1 amide bonds. The van der Waals surface area contributed by atoms with E-state index in [1.807, 2.05) is 42.5 Å². The van der Waals surface area contributed by atoms with Crippen molar-refractivity contribution >= 4 is 63.1 Å². The fraction of sp³-hybridized carbons (Fsp3) is 0.190. The lowest BCUT2D eigenvalue weighted by molar-refractivity contribution is -0.117. The van der Waals surface area contributed by atoms with Crippen molar-refractivity contribution in [3.8, 4) is 0 Å². The molecular formula is C21H21BrN5O2P. The summed E-state index contributed by atoms with van der Waals surface area (Å²) in [5, 5.41) is 7.22. The zero-order chi connectivity index (χ0) is 21.5. The number of benzene rings is 2. The number of amides is 1. The summed E-state index contributed by atoms with van der Waals surface area (Å²) in [6, 6.07) is 13.2. The molecule has 0 saturated carbocycles. The monoisotopic (exact) mass is 485 g/mol. The molecule has 0 spiro atoms. The number of rotatable bonds is 5. The average Bonchev–Trinajstić information content (AvgIpc) is 2.97. The van der Waals surface area contributed by atoms with Crippen LogP contribution in [0.15, 0.2) is 53.1 Å². The predicted molar refractivity (Wildman–Crippen MR) is 125 cm³/mol. The smallest absolute Gasteiger partial charge is 0.231 e. The third kappa shape index (κ3) is 4.11. The second-order valence-corrected chi connectivity index (χ2v) is 11.5. The number of likely N-dealkylation sites (N-methyl/N-ethyl adjacent to an activating group) is 1. The van der Waals surface area contributed by atoms with E-state index < -0.39 is 7.14 Å². The van der Waals surface area contributed by atoms with Crippen LogP contribution in [0.1, 0.15) is 5.56 Å². The summed E-state index contributed by atoms with van der Waals surface area (Å²) >= 11 is 3.47. The highest BCUT2D eigenvalue weighted by molar-refractivity contribution is 9.10. The van der Waals surface area contributed by atoms with Crippen molar-refractivity contribution in [2.45, 2.75) is 6.42 Å². The molecule has 2 aromatic carbocycles. The number of aromatic nitrogens is 2. The number of halogens is 1. The first-order valence-corrected chi connectivity index (χ1v) is 12.7. The maximum atomic E-state index is 12.6. The molecule has 0 atom stereocenters. The Balaban J connectivity index is 1.60. The van der Waals surface area contributed by atoms with Crippen molar-refractivity contribution in [2.24, 2.45) is 0 Å². The Hall–Kier alpha value is -2.70. The number of hydrogen-bond acceptors (Lipinski definition) is 6. The van der Waals surface area contributed by atoms with Crippen LogP contribution in [0.4, 0.5) is 28.8 Å². The summed E-state index contributed by atoms with van der Waals surface area (Å²) in [4.78, 5) is 22.5. The fourth-order valence-electron chi connectivity index (χ4n) is 3.37. The van der Waals surface area contributed by atoms with E-state index >= 15 is 0 Å². The molecule has 30 heavy (non-hydrogen) atoms. The molecule has 0 radical (unpaired) electrons. The summed E-state index contributed by atoms with van der Waals surface area (Å²) in [7, 11) is -0.683. The Bertz CT molecular complexity index is 1190. The van der Waals surface area contributed by atoms with Gasteiger partial charge in [0.15, 0.2) is 0 Å².